The van der Waals surface area contributed by atoms with Crippen molar-refractivity contribution in [3.05, 3.63) is 35.4 Å². The van der Waals surface area contributed by atoms with E-state index in [9.17, 15) is 9.59 Å². The quantitative estimate of drug-likeness (QED) is 0.675. The third-order valence-electron chi connectivity index (χ3n) is 4.96. The van der Waals surface area contributed by atoms with Crippen LogP contribution >= 0.6 is 0 Å². The van der Waals surface area contributed by atoms with Gasteiger partial charge in [-0.3, -0.25) is 9.59 Å². The predicted octanol–water partition coefficient (Wildman–Crippen LogP) is 3.22. The Kier molecular flexibility index (Phi) is 7.44. The number of carboxylic acids is 1. The summed E-state index contributed by atoms with van der Waals surface area (Å²) in [5.74, 6) is -0.318. The van der Waals surface area contributed by atoms with Crippen molar-refractivity contribution in [2.24, 2.45) is 5.92 Å². The van der Waals surface area contributed by atoms with E-state index >= 15 is 0 Å². The van der Waals surface area contributed by atoms with Crippen LogP contribution in [0.15, 0.2) is 24.3 Å². The van der Waals surface area contributed by atoms with Gasteiger partial charge in [0.25, 0.3) is 0 Å². The number of rotatable bonds is 8. The van der Waals surface area contributed by atoms with Gasteiger partial charge in [0, 0.05) is 6.04 Å². The Labute approximate surface area is 150 Å². The summed E-state index contributed by atoms with van der Waals surface area (Å²) in [5.41, 5.74) is 2.59. The summed E-state index contributed by atoms with van der Waals surface area (Å²) in [7, 11) is 0. The van der Waals surface area contributed by atoms with Crippen LogP contribution in [0.4, 0.5) is 0 Å². The summed E-state index contributed by atoms with van der Waals surface area (Å²) in [6, 6.07) is 8.85. The Hall–Kier alpha value is -1.88. The zero-order valence-corrected chi connectivity index (χ0v) is 15.3. The Morgan fingerprint density at radius 1 is 1.08 bits per heavy atom. The molecule has 1 fully saturated rings. The van der Waals surface area contributed by atoms with E-state index in [1.165, 1.54) is 43.2 Å². The molecule has 3 N–H and O–H groups in total. The molecule has 0 spiro atoms. The van der Waals surface area contributed by atoms with Crippen molar-refractivity contribution in [1.29, 1.82) is 0 Å². The molecule has 5 heteroatoms. The molecule has 0 bridgehead atoms. The second-order valence-corrected chi connectivity index (χ2v) is 7.27. The molecule has 1 atom stereocenters. The Bertz CT molecular complexity index is 563. The molecule has 25 heavy (non-hydrogen) atoms. The molecular formula is C20H30N2O3. The number of aliphatic carboxylic acids is 1. The molecule has 0 radical (unpaired) electrons. The third kappa shape index (κ3) is 6.16. The maximum absolute atomic E-state index is 11.7. The van der Waals surface area contributed by atoms with Crippen LogP contribution < -0.4 is 10.6 Å². The summed E-state index contributed by atoms with van der Waals surface area (Å²) < 4.78 is 0. The van der Waals surface area contributed by atoms with Crippen LogP contribution in [0, 0.1) is 5.92 Å². The molecule has 1 aromatic carbocycles. The Morgan fingerprint density at radius 2 is 1.72 bits per heavy atom. The van der Waals surface area contributed by atoms with Gasteiger partial charge >= 0.3 is 5.97 Å². The van der Waals surface area contributed by atoms with Crippen LogP contribution in [0.2, 0.25) is 0 Å². The first-order valence-corrected chi connectivity index (χ1v) is 9.29. The van der Waals surface area contributed by atoms with Gasteiger partial charge in [0.2, 0.25) is 5.91 Å². The maximum Gasteiger partial charge on any atom is 0.322 e. The molecule has 0 heterocycles. The summed E-state index contributed by atoms with van der Waals surface area (Å²) in [5, 5.41) is 14.2. The number of carbonyl (C=O) groups is 2. The minimum atomic E-state index is -1.04. The van der Waals surface area contributed by atoms with Crippen molar-refractivity contribution < 1.29 is 14.7 Å². The molecule has 1 aliphatic carbocycles. The highest BCUT2D eigenvalue weighted by Crippen LogP contribution is 2.33. The highest BCUT2D eigenvalue weighted by Gasteiger charge is 2.19. The summed E-state index contributed by atoms with van der Waals surface area (Å²) >= 11 is 0. The van der Waals surface area contributed by atoms with E-state index in [2.05, 4.69) is 48.7 Å². The summed E-state index contributed by atoms with van der Waals surface area (Å²) in [6.45, 7) is 3.99. The minimum absolute atomic E-state index is 0.0657. The number of hydrogen-bond donors (Lipinski definition) is 3. The molecule has 1 amide bonds. The van der Waals surface area contributed by atoms with Crippen molar-refractivity contribution in [2.45, 2.75) is 57.9 Å². The minimum Gasteiger partial charge on any atom is -0.480 e. The Morgan fingerprint density at radius 3 is 2.28 bits per heavy atom. The van der Waals surface area contributed by atoms with E-state index in [0.29, 0.717) is 11.8 Å². The van der Waals surface area contributed by atoms with Crippen molar-refractivity contribution in [3.8, 4) is 0 Å². The lowest BCUT2D eigenvalue weighted by atomic mass is 9.83. The van der Waals surface area contributed by atoms with Crippen LogP contribution in [0.1, 0.15) is 69.0 Å². The molecule has 1 unspecified atom stereocenters. The zero-order valence-electron chi connectivity index (χ0n) is 15.3. The molecule has 1 aliphatic rings. The average Bonchev–Trinajstić information content (AvgIpc) is 2.61. The van der Waals surface area contributed by atoms with Crippen LogP contribution in [0.25, 0.3) is 0 Å². The summed E-state index contributed by atoms with van der Waals surface area (Å²) in [4.78, 5) is 22.2. The monoisotopic (exact) mass is 346 g/mol. The van der Waals surface area contributed by atoms with E-state index in [0.717, 1.165) is 0 Å². The number of carbonyl (C=O) groups excluding carboxylic acids is 1. The second-order valence-electron chi connectivity index (χ2n) is 7.27. The Balaban J connectivity index is 1.94. The first kappa shape index (κ1) is 19.4. The van der Waals surface area contributed by atoms with Crippen LogP contribution in [0.5, 0.6) is 0 Å². The maximum atomic E-state index is 11.7. The number of benzene rings is 1. The molecule has 2 rings (SSSR count). The largest absolute Gasteiger partial charge is 0.480 e. The lowest BCUT2D eigenvalue weighted by Crippen LogP contribution is -2.39. The lowest BCUT2D eigenvalue weighted by Gasteiger charge is -2.25. The second kappa shape index (κ2) is 9.56. The molecule has 1 saturated carbocycles. The fourth-order valence-electron chi connectivity index (χ4n) is 3.59. The highest BCUT2D eigenvalue weighted by molar-refractivity contribution is 5.82. The van der Waals surface area contributed by atoms with E-state index in [1.54, 1.807) is 0 Å². The SMILES string of the molecule is CC(C)C(NCC(=O)NCC(=O)O)c1ccc(C2CCCCC2)cc1. The van der Waals surface area contributed by atoms with Gasteiger partial charge < -0.3 is 15.7 Å². The van der Waals surface area contributed by atoms with Gasteiger partial charge in [-0.15, -0.1) is 0 Å². The van der Waals surface area contributed by atoms with E-state index in [4.69, 9.17) is 5.11 Å². The van der Waals surface area contributed by atoms with Crippen molar-refractivity contribution in [1.82, 2.24) is 10.6 Å². The lowest BCUT2D eigenvalue weighted by molar-refractivity contribution is -0.137. The van der Waals surface area contributed by atoms with Gasteiger partial charge in [0.05, 0.1) is 6.54 Å². The average molecular weight is 346 g/mol. The number of hydrogen-bond acceptors (Lipinski definition) is 3. The molecule has 0 saturated heterocycles. The van der Waals surface area contributed by atoms with Crippen molar-refractivity contribution in [3.63, 3.8) is 0 Å². The number of nitrogens with one attached hydrogen (secondary N) is 2. The topological polar surface area (TPSA) is 78.4 Å². The molecule has 0 aliphatic heterocycles. The standard InChI is InChI=1S/C20H30N2O3/c1-14(2)20(22-12-18(23)21-13-19(24)25)17-10-8-16(9-11-17)15-6-4-3-5-7-15/h8-11,14-15,20,22H,3-7,12-13H2,1-2H3,(H,21,23)(H,24,25). The molecule has 0 aromatic heterocycles. The number of carboxylic acid groups (broad SMARTS) is 1. The summed E-state index contributed by atoms with van der Waals surface area (Å²) in [6.07, 6.45) is 6.59. The highest BCUT2D eigenvalue weighted by atomic mass is 16.4. The van der Waals surface area contributed by atoms with Crippen LogP contribution in [0.3, 0.4) is 0 Å². The third-order valence-corrected chi connectivity index (χ3v) is 4.96. The van der Waals surface area contributed by atoms with Gasteiger partial charge in [0.1, 0.15) is 6.54 Å². The smallest absolute Gasteiger partial charge is 0.322 e. The van der Waals surface area contributed by atoms with Gasteiger partial charge in [-0.25, -0.2) is 0 Å². The zero-order chi connectivity index (χ0) is 18.2. The first-order chi connectivity index (χ1) is 12.0. The normalized spacial score (nSPS) is 16.6. The van der Waals surface area contributed by atoms with E-state index in [-0.39, 0.29) is 25.0 Å². The fraction of sp³-hybridized carbons (Fsp3) is 0.600. The molecule has 5 nitrogen and oxygen atoms in total. The molecule has 138 valence electrons. The predicted molar refractivity (Wildman–Crippen MR) is 98.5 cm³/mol. The molecular weight excluding hydrogens is 316 g/mol. The van der Waals surface area contributed by atoms with Gasteiger partial charge in [0.15, 0.2) is 0 Å². The van der Waals surface area contributed by atoms with Gasteiger partial charge in [-0.2, -0.15) is 0 Å². The van der Waals surface area contributed by atoms with Crippen molar-refractivity contribution >= 4 is 11.9 Å². The number of amides is 1. The molecule has 1 aromatic rings. The van der Waals surface area contributed by atoms with Crippen molar-refractivity contribution in [2.75, 3.05) is 13.1 Å². The van der Waals surface area contributed by atoms with Gasteiger partial charge in [-0.05, 0) is 35.8 Å². The fourth-order valence-corrected chi connectivity index (χ4v) is 3.59. The van der Waals surface area contributed by atoms with E-state index in [1.807, 2.05) is 0 Å². The van der Waals surface area contributed by atoms with Crippen LogP contribution in [-0.4, -0.2) is 30.1 Å². The first-order valence-electron chi connectivity index (χ1n) is 9.29. The van der Waals surface area contributed by atoms with E-state index < -0.39 is 5.97 Å². The van der Waals surface area contributed by atoms with Gasteiger partial charge in [-0.1, -0.05) is 57.4 Å². The van der Waals surface area contributed by atoms with Crippen LogP contribution in [-0.2, 0) is 9.59 Å².